The van der Waals surface area contributed by atoms with Crippen LogP contribution in [-0.4, -0.2) is 35.4 Å². The molecule has 0 aliphatic rings. The number of nitrogens with zero attached hydrogens (tertiary/aromatic N) is 2. The van der Waals surface area contributed by atoms with Gasteiger partial charge in [-0.15, -0.1) is 0 Å². The van der Waals surface area contributed by atoms with Crippen molar-refractivity contribution in [2.45, 2.75) is 6.54 Å². The van der Waals surface area contributed by atoms with Gasteiger partial charge in [-0.05, 0) is 34.2 Å². The molecule has 7 nitrogen and oxygen atoms in total. The summed E-state index contributed by atoms with van der Waals surface area (Å²) in [7, 11) is 1.24. The summed E-state index contributed by atoms with van der Waals surface area (Å²) in [6, 6.07) is 13.2. The maximum Gasteiger partial charge on any atom is 0.325 e. The number of non-ortho nitro benzene ring substituents is 1. The van der Waals surface area contributed by atoms with Gasteiger partial charge in [0.05, 0.1) is 17.6 Å². The Morgan fingerprint density at radius 3 is 2.48 bits per heavy atom. The number of nitro benzene ring substituents is 1. The zero-order valence-electron chi connectivity index (χ0n) is 13.3. The fourth-order valence-corrected chi connectivity index (χ4v) is 2.75. The normalized spacial score (nSPS) is 10.2. The van der Waals surface area contributed by atoms with Crippen LogP contribution in [0.4, 0.5) is 5.69 Å². The van der Waals surface area contributed by atoms with E-state index in [9.17, 15) is 19.7 Å². The zero-order chi connectivity index (χ0) is 18.4. The number of carbonyl (C=O) groups excluding carboxylic acids is 2. The van der Waals surface area contributed by atoms with Crippen LogP contribution >= 0.6 is 22.6 Å². The quantitative estimate of drug-likeness (QED) is 0.290. The van der Waals surface area contributed by atoms with Gasteiger partial charge >= 0.3 is 5.97 Å². The molecule has 0 atom stereocenters. The van der Waals surface area contributed by atoms with Crippen molar-refractivity contribution in [1.82, 2.24) is 4.90 Å². The molecule has 0 saturated carbocycles. The highest BCUT2D eigenvalue weighted by Gasteiger charge is 2.23. The molecule has 0 saturated heterocycles. The molecule has 0 aliphatic heterocycles. The molecule has 0 bridgehead atoms. The molecule has 130 valence electrons. The Hall–Kier alpha value is -2.49. The molecule has 1 amide bonds. The van der Waals surface area contributed by atoms with Crippen LogP contribution in [0, 0.1) is 13.7 Å². The number of methoxy groups -OCH3 is 1. The Labute approximate surface area is 157 Å². The number of amides is 1. The monoisotopic (exact) mass is 454 g/mol. The smallest absolute Gasteiger partial charge is 0.325 e. The summed E-state index contributed by atoms with van der Waals surface area (Å²) in [5.41, 5.74) is 0.830. The highest BCUT2D eigenvalue weighted by molar-refractivity contribution is 14.1. The van der Waals surface area contributed by atoms with Crippen LogP contribution in [0.3, 0.4) is 0 Å². The van der Waals surface area contributed by atoms with Gasteiger partial charge in [0.2, 0.25) is 0 Å². The molecule has 0 radical (unpaired) electrons. The lowest BCUT2D eigenvalue weighted by atomic mass is 10.1. The fraction of sp³-hybridized carbons (Fsp3) is 0.176. The van der Waals surface area contributed by atoms with E-state index < -0.39 is 16.8 Å². The standard InChI is InChI=1S/C17H15IN2O5/c1-25-16(21)11-19(10-12-5-3-2-4-6-12)17(22)14-9-13(20(23)24)7-8-15(14)18/h2-9H,10-11H2,1H3. The summed E-state index contributed by atoms with van der Waals surface area (Å²) in [6.07, 6.45) is 0. The molecule has 0 aliphatic carbocycles. The van der Waals surface area contributed by atoms with Crippen molar-refractivity contribution in [3.63, 3.8) is 0 Å². The van der Waals surface area contributed by atoms with E-state index in [0.29, 0.717) is 3.57 Å². The van der Waals surface area contributed by atoms with Crippen LogP contribution < -0.4 is 0 Å². The molecule has 0 spiro atoms. The summed E-state index contributed by atoms with van der Waals surface area (Å²) < 4.78 is 5.22. The SMILES string of the molecule is COC(=O)CN(Cc1ccccc1)C(=O)c1cc([N+](=O)[O-])ccc1I. The van der Waals surface area contributed by atoms with Gasteiger partial charge in [-0.2, -0.15) is 0 Å². The van der Waals surface area contributed by atoms with Crippen molar-refractivity contribution < 1.29 is 19.2 Å². The lowest BCUT2D eigenvalue weighted by molar-refractivity contribution is -0.384. The summed E-state index contributed by atoms with van der Waals surface area (Å²) in [6.45, 7) is -0.0590. The average molecular weight is 454 g/mol. The number of hydrogen-bond acceptors (Lipinski definition) is 5. The second-order valence-electron chi connectivity index (χ2n) is 5.14. The molecule has 0 aromatic heterocycles. The maximum atomic E-state index is 12.9. The lowest BCUT2D eigenvalue weighted by Crippen LogP contribution is -2.36. The molecule has 0 fully saturated rings. The van der Waals surface area contributed by atoms with E-state index in [-0.39, 0.29) is 24.3 Å². The van der Waals surface area contributed by atoms with Crippen molar-refractivity contribution >= 4 is 40.2 Å². The van der Waals surface area contributed by atoms with Gasteiger partial charge in [0.15, 0.2) is 0 Å². The molecule has 0 N–H and O–H groups in total. The van der Waals surface area contributed by atoms with Crippen LogP contribution in [0.25, 0.3) is 0 Å². The topological polar surface area (TPSA) is 89.8 Å². The number of esters is 1. The van der Waals surface area contributed by atoms with Crippen molar-refractivity contribution in [2.75, 3.05) is 13.7 Å². The van der Waals surface area contributed by atoms with Crippen molar-refractivity contribution in [3.8, 4) is 0 Å². The summed E-state index contributed by atoms with van der Waals surface area (Å²) in [5.74, 6) is -1.04. The molecule has 0 heterocycles. The number of carbonyl (C=O) groups is 2. The van der Waals surface area contributed by atoms with Crippen LogP contribution in [-0.2, 0) is 16.1 Å². The van der Waals surface area contributed by atoms with Gasteiger partial charge < -0.3 is 9.64 Å². The van der Waals surface area contributed by atoms with Crippen molar-refractivity contribution in [2.24, 2.45) is 0 Å². The molecule has 8 heteroatoms. The predicted molar refractivity (Wildman–Crippen MR) is 99.0 cm³/mol. The lowest BCUT2D eigenvalue weighted by Gasteiger charge is -2.22. The van der Waals surface area contributed by atoms with E-state index in [1.807, 2.05) is 52.9 Å². The Morgan fingerprint density at radius 2 is 1.88 bits per heavy atom. The number of hydrogen-bond donors (Lipinski definition) is 0. The molecule has 2 aromatic carbocycles. The summed E-state index contributed by atoms with van der Waals surface area (Å²) in [5, 5.41) is 11.0. The average Bonchev–Trinajstić information content (AvgIpc) is 2.61. The van der Waals surface area contributed by atoms with E-state index in [1.54, 1.807) is 0 Å². The van der Waals surface area contributed by atoms with Crippen LogP contribution in [0.15, 0.2) is 48.5 Å². The fourth-order valence-electron chi connectivity index (χ4n) is 2.18. The second kappa shape index (κ2) is 8.56. The third-order valence-corrected chi connectivity index (χ3v) is 4.38. The van der Waals surface area contributed by atoms with Gasteiger partial charge in [0.25, 0.3) is 11.6 Å². The molecular weight excluding hydrogens is 439 g/mol. The number of benzene rings is 2. The minimum absolute atomic E-state index is 0.176. The largest absolute Gasteiger partial charge is 0.468 e. The third kappa shape index (κ3) is 4.99. The minimum Gasteiger partial charge on any atom is -0.468 e. The zero-order valence-corrected chi connectivity index (χ0v) is 15.5. The first-order valence-corrected chi connectivity index (χ1v) is 8.34. The Kier molecular flexibility index (Phi) is 6.45. The molecule has 0 unspecified atom stereocenters. The van der Waals surface area contributed by atoms with Crippen LogP contribution in [0.5, 0.6) is 0 Å². The van der Waals surface area contributed by atoms with Gasteiger partial charge in [0.1, 0.15) is 6.54 Å². The highest BCUT2D eigenvalue weighted by atomic mass is 127. The maximum absolute atomic E-state index is 12.9. The van der Waals surface area contributed by atoms with Gasteiger partial charge in [-0.3, -0.25) is 19.7 Å². The molecular formula is C17H15IN2O5. The second-order valence-corrected chi connectivity index (χ2v) is 6.31. The van der Waals surface area contributed by atoms with Crippen molar-refractivity contribution in [3.05, 3.63) is 73.3 Å². The minimum atomic E-state index is -0.565. The summed E-state index contributed by atoms with van der Waals surface area (Å²) >= 11 is 1.94. The highest BCUT2D eigenvalue weighted by Crippen LogP contribution is 2.22. The first kappa shape index (κ1) is 18.8. The van der Waals surface area contributed by atoms with Crippen LogP contribution in [0.1, 0.15) is 15.9 Å². The molecule has 2 aromatic rings. The third-order valence-electron chi connectivity index (χ3n) is 3.44. The Bertz CT molecular complexity index is 795. The number of nitro groups is 1. The van der Waals surface area contributed by atoms with E-state index in [4.69, 9.17) is 0 Å². The first-order chi connectivity index (χ1) is 11.9. The van der Waals surface area contributed by atoms with E-state index in [1.165, 1.54) is 30.2 Å². The van der Waals surface area contributed by atoms with E-state index in [0.717, 1.165) is 5.56 Å². The van der Waals surface area contributed by atoms with E-state index >= 15 is 0 Å². The predicted octanol–water partition coefficient (Wildman–Crippen LogP) is 3.01. The Morgan fingerprint density at radius 1 is 1.20 bits per heavy atom. The van der Waals surface area contributed by atoms with Crippen LogP contribution in [0.2, 0.25) is 0 Å². The van der Waals surface area contributed by atoms with E-state index in [2.05, 4.69) is 4.74 Å². The number of ether oxygens (including phenoxy) is 1. The molecule has 2 rings (SSSR count). The Balaban J connectivity index is 2.35. The van der Waals surface area contributed by atoms with Gasteiger partial charge in [0, 0.05) is 22.2 Å². The summed E-state index contributed by atoms with van der Waals surface area (Å²) in [4.78, 5) is 36.3. The van der Waals surface area contributed by atoms with Gasteiger partial charge in [-0.25, -0.2) is 0 Å². The number of rotatable bonds is 6. The first-order valence-electron chi connectivity index (χ1n) is 7.26. The van der Waals surface area contributed by atoms with Gasteiger partial charge in [-0.1, -0.05) is 30.3 Å². The molecule has 25 heavy (non-hydrogen) atoms. The number of halogens is 1. The van der Waals surface area contributed by atoms with Crippen molar-refractivity contribution in [1.29, 1.82) is 0 Å².